The standard InChI is InChI=1S/C21H17FN4OS/c1-13-25-26-20(28-13)10-11-23-21(27)17-12-19(14-6-8-15(22)9-7-14)24-18-5-3-2-4-16(17)18/h2-9,12H,10-11H2,1H3,(H,23,27). The van der Waals surface area contributed by atoms with Gasteiger partial charge in [-0.15, -0.1) is 21.5 Å². The van der Waals surface area contributed by atoms with Gasteiger partial charge in [0.05, 0.1) is 16.8 Å². The molecule has 5 nitrogen and oxygen atoms in total. The van der Waals surface area contributed by atoms with Gasteiger partial charge < -0.3 is 5.32 Å². The summed E-state index contributed by atoms with van der Waals surface area (Å²) in [5.74, 6) is -0.488. The number of fused-ring (bicyclic) bond motifs is 1. The van der Waals surface area contributed by atoms with Crippen LogP contribution in [0.2, 0.25) is 0 Å². The molecular weight excluding hydrogens is 375 g/mol. The molecule has 0 fully saturated rings. The van der Waals surface area contributed by atoms with Gasteiger partial charge in [0, 0.05) is 23.9 Å². The Morgan fingerprint density at radius 3 is 2.64 bits per heavy atom. The minimum absolute atomic E-state index is 0.178. The molecule has 0 saturated heterocycles. The van der Waals surface area contributed by atoms with Crippen LogP contribution in [0.15, 0.2) is 54.6 Å². The number of carbonyl (C=O) groups is 1. The Labute approximate surface area is 165 Å². The van der Waals surface area contributed by atoms with E-state index in [4.69, 9.17) is 0 Å². The van der Waals surface area contributed by atoms with Crippen LogP contribution in [0, 0.1) is 12.7 Å². The molecule has 4 aromatic rings. The number of aryl methyl sites for hydroxylation is 1. The number of nitrogens with zero attached hydrogens (tertiary/aromatic N) is 3. The normalized spacial score (nSPS) is 10.9. The smallest absolute Gasteiger partial charge is 0.252 e. The topological polar surface area (TPSA) is 67.8 Å². The highest BCUT2D eigenvalue weighted by Gasteiger charge is 2.14. The zero-order chi connectivity index (χ0) is 19.5. The van der Waals surface area contributed by atoms with Crippen molar-refractivity contribution in [2.75, 3.05) is 6.54 Å². The summed E-state index contributed by atoms with van der Waals surface area (Å²) >= 11 is 1.52. The summed E-state index contributed by atoms with van der Waals surface area (Å²) in [6.45, 7) is 2.37. The SMILES string of the molecule is Cc1nnc(CCNC(=O)c2cc(-c3ccc(F)cc3)nc3ccccc23)s1. The average Bonchev–Trinajstić information content (AvgIpc) is 3.12. The maximum Gasteiger partial charge on any atom is 0.252 e. The number of hydrogen-bond donors (Lipinski definition) is 1. The molecule has 0 spiro atoms. The molecule has 140 valence electrons. The maximum atomic E-state index is 13.3. The maximum absolute atomic E-state index is 13.3. The Kier molecular flexibility index (Phi) is 5.08. The van der Waals surface area contributed by atoms with E-state index in [9.17, 15) is 9.18 Å². The van der Waals surface area contributed by atoms with Crippen molar-refractivity contribution in [3.8, 4) is 11.3 Å². The molecule has 0 radical (unpaired) electrons. The van der Waals surface area contributed by atoms with E-state index in [-0.39, 0.29) is 11.7 Å². The molecule has 2 aromatic heterocycles. The van der Waals surface area contributed by atoms with Gasteiger partial charge in [0.1, 0.15) is 15.8 Å². The van der Waals surface area contributed by atoms with Crippen LogP contribution in [0.3, 0.4) is 0 Å². The van der Waals surface area contributed by atoms with Crippen molar-refractivity contribution in [3.63, 3.8) is 0 Å². The number of benzene rings is 2. The van der Waals surface area contributed by atoms with E-state index >= 15 is 0 Å². The van der Waals surface area contributed by atoms with E-state index in [0.29, 0.717) is 29.7 Å². The predicted octanol–water partition coefficient (Wildman–Crippen LogP) is 4.17. The summed E-state index contributed by atoms with van der Waals surface area (Å²) in [6, 6.07) is 15.3. The van der Waals surface area contributed by atoms with E-state index < -0.39 is 0 Å². The second-order valence-corrected chi connectivity index (χ2v) is 7.57. The van der Waals surface area contributed by atoms with Crippen molar-refractivity contribution in [1.82, 2.24) is 20.5 Å². The summed E-state index contributed by atoms with van der Waals surface area (Å²) in [5.41, 5.74) is 2.64. The Morgan fingerprint density at radius 2 is 1.89 bits per heavy atom. The summed E-state index contributed by atoms with van der Waals surface area (Å²) in [5, 5.41) is 13.6. The number of aromatic nitrogens is 3. The zero-order valence-corrected chi connectivity index (χ0v) is 16.0. The van der Waals surface area contributed by atoms with Gasteiger partial charge in [0.25, 0.3) is 5.91 Å². The molecule has 0 aliphatic heterocycles. The zero-order valence-electron chi connectivity index (χ0n) is 15.1. The number of amides is 1. The Morgan fingerprint density at radius 1 is 1.11 bits per heavy atom. The lowest BCUT2D eigenvalue weighted by Gasteiger charge is -2.10. The predicted molar refractivity (Wildman–Crippen MR) is 108 cm³/mol. The van der Waals surface area contributed by atoms with Gasteiger partial charge in [0.2, 0.25) is 0 Å². The molecule has 0 saturated carbocycles. The van der Waals surface area contributed by atoms with Crippen LogP contribution in [0.4, 0.5) is 4.39 Å². The molecule has 0 bridgehead atoms. The lowest BCUT2D eigenvalue weighted by Crippen LogP contribution is -2.26. The number of pyridine rings is 1. The monoisotopic (exact) mass is 392 g/mol. The number of rotatable bonds is 5. The van der Waals surface area contributed by atoms with Gasteiger partial charge in [-0.3, -0.25) is 4.79 Å². The van der Waals surface area contributed by atoms with Crippen LogP contribution in [-0.4, -0.2) is 27.6 Å². The molecular formula is C21H17FN4OS. The summed E-state index contributed by atoms with van der Waals surface area (Å²) in [4.78, 5) is 17.5. The Balaban J connectivity index is 1.62. The van der Waals surface area contributed by atoms with Crippen molar-refractivity contribution in [2.45, 2.75) is 13.3 Å². The third-order valence-corrected chi connectivity index (χ3v) is 5.19. The van der Waals surface area contributed by atoms with Crippen molar-refractivity contribution in [3.05, 3.63) is 76.0 Å². The van der Waals surface area contributed by atoms with E-state index in [0.717, 1.165) is 21.0 Å². The first-order chi connectivity index (χ1) is 13.6. The summed E-state index contributed by atoms with van der Waals surface area (Å²) in [6.07, 6.45) is 0.630. The fraction of sp³-hybridized carbons (Fsp3) is 0.143. The molecule has 4 rings (SSSR count). The van der Waals surface area contributed by atoms with Crippen molar-refractivity contribution >= 4 is 28.1 Å². The average molecular weight is 392 g/mol. The largest absolute Gasteiger partial charge is 0.352 e. The molecule has 0 unspecified atom stereocenters. The molecule has 1 amide bonds. The molecule has 7 heteroatoms. The number of para-hydroxylation sites is 1. The number of carbonyl (C=O) groups excluding carboxylic acids is 1. The van der Waals surface area contributed by atoms with Crippen LogP contribution < -0.4 is 5.32 Å². The first-order valence-electron chi connectivity index (χ1n) is 8.83. The summed E-state index contributed by atoms with van der Waals surface area (Å²) in [7, 11) is 0. The molecule has 1 N–H and O–H groups in total. The van der Waals surface area contributed by atoms with Crippen molar-refractivity contribution in [1.29, 1.82) is 0 Å². The Bertz CT molecular complexity index is 1140. The van der Waals surface area contributed by atoms with E-state index in [1.54, 1.807) is 18.2 Å². The number of halogens is 1. The minimum atomic E-state index is -0.311. The lowest BCUT2D eigenvalue weighted by molar-refractivity contribution is 0.0955. The molecule has 0 aliphatic rings. The first kappa shape index (κ1) is 18.2. The van der Waals surface area contributed by atoms with Gasteiger partial charge in [-0.05, 0) is 43.3 Å². The van der Waals surface area contributed by atoms with Crippen LogP contribution >= 0.6 is 11.3 Å². The Hall–Kier alpha value is -3.19. The highest BCUT2D eigenvalue weighted by atomic mass is 32.1. The van der Waals surface area contributed by atoms with E-state index in [1.165, 1.54) is 23.5 Å². The molecule has 0 aliphatic carbocycles. The van der Waals surface area contributed by atoms with Crippen LogP contribution in [0.25, 0.3) is 22.2 Å². The summed E-state index contributed by atoms with van der Waals surface area (Å²) < 4.78 is 13.3. The first-order valence-corrected chi connectivity index (χ1v) is 9.65. The van der Waals surface area contributed by atoms with Crippen LogP contribution in [0.5, 0.6) is 0 Å². The number of hydrogen-bond acceptors (Lipinski definition) is 5. The fourth-order valence-corrected chi connectivity index (χ4v) is 3.66. The van der Waals surface area contributed by atoms with Gasteiger partial charge in [-0.2, -0.15) is 0 Å². The lowest BCUT2D eigenvalue weighted by atomic mass is 10.0. The molecule has 2 heterocycles. The van der Waals surface area contributed by atoms with Crippen LogP contribution in [0.1, 0.15) is 20.4 Å². The third kappa shape index (κ3) is 3.89. The second kappa shape index (κ2) is 7.82. The minimum Gasteiger partial charge on any atom is -0.352 e. The molecule has 0 atom stereocenters. The molecule has 28 heavy (non-hydrogen) atoms. The van der Waals surface area contributed by atoms with Crippen molar-refractivity contribution in [2.24, 2.45) is 0 Å². The highest BCUT2D eigenvalue weighted by Crippen LogP contribution is 2.25. The fourth-order valence-electron chi connectivity index (χ4n) is 2.95. The van der Waals surface area contributed by atoms with Gasteiger partial charge in [-0.25, -0.2) is 9.37 Å². The van der Waals surface area contributed by atoms with E-state index in [2.05, 4.69) is 20.5 Å². The van der Waals surface area contributed by atoms with Crippen LogP contribution in [-0.2, 0) is 6.42 Å². The quantitative estimate of drug-likeness (QED) is 0.553. The highest BCUT2D eigenvalue weighted by molar-refractivity contribution is 7.11. The van der Waals surface area contributed by atoms with Gasteiger partial charge >= 0.3 is 0 Å². The van der Waals surface area contributed by atoms with E-state index in [1.807, 2.05) is 31.2 Å². The van der Waals surface area contributed by atoms with Gasteiger partial charge in [-0.1, -0.05) is 18.2 Å². The van der Waals surface area contributed by atoms with Crippen molar-refractivity contribution < 1.29 is 9.18 Å². The number of nitrogens with one attached hydrogen (secondary N) is 1. The third-order valence-electron chi connectivity index (χ3n) is 4.29. The molecule has 2 aromatic carbocycles. The van der Waals surface area contributed by atoms with Gasteiger partial charge in [0.15, 0.2) is 0 Å². The second-order valence-electron chi connectivity index (χ2n) is 6.30.